The molecule has 4 nitrogen and oxygen atoms in total. The molecule has 1 aromatic rings. The molecule has 3 rings (SSSR count). The van der Waals surface area contributed by atoms with E-state index in [0.717, 1.165) is 0 Å². The third-order valence-electron chi connectivity index (χ3n) is 2.33. The van der Waals surface area contributed by atoms with Gasteiger partial charge in [-0.3, -0.25) is 5.01 Å². The van der Waals surface area contributed by atoms with Gasteiger partial charge in [0.15, 0.2) is 0 Å². The average Bonchev–Trinajstić information content (AvgIpc) is 2.65. The van der Waals surface area contributed by atoms with Crippen LogP contribution in [0.4, 0.5) is 5.69 Å². The van der Waals surface area contributed by atoms with Gasteiger partial charge in [0.2, 0.25) is 0 Å². The summed E-state index contributed by atoms with van der Waals surface area (Å²) in [6.45, 7) is 0. The lowest BCUT2D eigenvalue weighted by Crippen LogP contribution is -2.40. The molecule has 2 aliphatic heterocycles. The van der Waals surface area contributed by atoms with Gasteiger partial charge in [0.1, 0.15) is 6.17 Å². The second-order valence-electron chi connectivity index (χ2n) is 3.11. The highest BCUT2D eigenvalue weighted by Gasteiger charge is 2.25. The first-order chi connectivity index (χ1) is 6.45. The van der Waals surface area contributed by atoms with Crippen molar-refractivity contribution in [2.24, 2.45) is 0 Å². The molecule has 0 radical (unpaired) electrons. The summed E-state index contributed by atoms with van der Waals surface area (Å²) in [4.78, 5) is 0. The number of nitrogens with zero attached hydrogens (tertiary/aromatic N) is 1. The van der Waals surface area contributed by atoms with Gasteiger partial charge in [-0.2, -0.15) is 11.1 Å². The second kappa shape index (κ2) is 2.56. The molecule has 1 atom stereocenters. The van der Waals surface area contributed by atoms with Crippen LogP contribution in [0.5, 0.6) is 0 Å². The molecular weight excluding hydrogens is 164 g/mol. The topological polar surface area (TPSA) is 39.3 Å². The highest BCUT2D eigenvalue weighted by molar-refractivity contribution is 5.71. The van der Waals surface area contributed by atoms with E-state index < -0.39 is 0 Å². The maximum atomic E-state index is 3.08. The minimum Gasteiger partial charge on any atom is -0.271 e. The van der Waals surface area contributed by atoms with Crippen LogP contribution in [0, 0.1) is 0 Å². The van der Waals surface area contributed by atoms with E-state index in [1.54, 1.807) is 0 Å². The van der Waals surface area contributed by atoms with Gasteiger partial charge in [0.25, 0.3) is 0 Å². The van der Waals surface area contributed by atoms with E-state index in [-0.39, 0.29) is 6.17 Å². The fraction of sp³-hybridized carbons (Fsp3) is 0.111. The van der Waals surface area contributed by atoms with E-state index in [1.807, 2.05) is 12.1 Å². The molecule has 1 aromatic carbocycles. The van der Waals surface area contributed by atoms with Gasteiger partial charge >= 0.3 is 0 Å². The third-order valence-corrected chi connectivity index (χ3v) is 2.33. The molecule has 0 saturated carbocycles. The predicted molar refractivity (Wildman–Crippen MR) is 51.2 cm³/mol. The van der Waals surface area contributed by atoms with Crippen LogP contribution in [0.2, 0.25) is 0 Å². The van der Waals surface area contributed by atoms with Crippen LogP contribution < -0.4 is 21.5 Å². The van der Waals surface area contributed by atoms with Gasteiger partial charge in [0, 0.05) is 0 Å². The van der Waals surface area contributed by atoms with Crippen molar-refractivity contribution < 1.29 is 0 Å². The predicted octanol–water partition coefficient (Wildman–Crippen LogP) is 0.373. The first kappa shape index (κ1) is 7.08. The Kier molecular flexibility index (Phi) is 1.40. The maximum absolute atomic E-state index is 3.08. The molecular formula is C9H10N4. The van der Waals surface area contributed by atoms with E-state index in [0.29, 0.717) is 0 Å². The summed E-state index contributed by atoms with van der Waals surface area (Å²) in [5.74, 6) is 0. The van der Waals surface area contributed by atoms with Crippen molar-refractivity contribution in [1.29, 1.82) is 0 Å². The van der Waals surface area contributed by atoms with Gasteiger partial charge in [-0.25, -0.2) is 5.43 Å². The largest absolute Gasteiger partial charge is 0.271 e. The molecule has 3 N–H and O–H groups in total. The summed E-state index contributed by atoms with van der Waals surface area (Å²) in [6, 6.07) is 8.27. The standard InChI is InChI=1S/C9H10N4/c1-2-4-8-7(3-1)5-6-9-10-11-12-13(8)9/h1-6,9-12H. The smallest absolute Gasteiger partial charge is 0.129 e. The average molecular weight is 174 g/mol. The van der Waals surface area contributed by atoms with E-state index in [4.69, 9.17) is 0 Å². The zero-order valence-corrected chi connectivity index (χ0v) is 6.99. The number of hydrazine groups is 3. The summed E-state index contributed by atoms with van der Waals surface area (Å²) >= 11 is 0. The number of nitrogens with one attached hydrogen (secondary N) is 3. The highest BCUT2D eigenvalue weighted by atomic mass is 15.9. The summed E-state index contributed by atoms with van der Waals surface area (Å²) in [6.07, 6.45) is 4.43. The van der Waals surface area contributed by atoms with E-state index in [9.17, 15) is 0 Å². The molecule has 4 heteroatoms. The van der Waals surface area contributed by atoms with Crippen molar-refractivity contribution in [3.05, 3.63) is 35.9 Å². The van der Waals surface area contributed by atoms with Crippen molar-refractivity contribution in [2.75, 3.05) is 5.01 Å². The number of benzene rings is 1. The van der Waals surface area contributed by atoms with E-state index in [2.05, 4.69) is 45.8 Å². The van der Waals surface area contributed by atoms with Crippen LogP contribution in [0.15, 0.2) is 30.3 Å². The number of rotatable bonds is 0. The van der Waals surface area contributed by atoms with Gasteiger partial charge < -0.3 is 0 Å². The van der Waals surface area contributed by atoms with Gasteiger partial charge in [-0.05, 0) is 17.7 Å². The molecule has 13 heavy (non-hydrogen) atoms. The normalized spacial score (nSPS) is 24.3. The molecule has 0 bridgehead atoms. The number of para-hydroxylation sites is 1. The zero-order valence-electron chi connectivity index (χ0n) is 6.99. The summed E-state index contributed by atoms with van der Waals surface area (Å²) in [5.41, 5.74) is 11.4. The first-order valence-corrected chi connectivity index (χ1v) is 4.28. The summed E-state index contributed by atoms with van der Waals surface area (Å²) in [7, 11) is 0. The lowest BCUT2D eigenvalue weighted by atomic mass is 10.1. The Morgan fingerprint density at radius 3 is 3.15 bits per heavy atom. The van der Waals surface area contributed by atoms with Crippen LogP contribution in [0.1, 0.15) is 5.56 Å². The van der Waals surface area contributed by atoms with E-state index >= 15 is 0 Å². The van der Waals surface area contributed by atoms with Crippen LogP contribution in [-0.2, 0) is 0 Å². The Balaban J connectivity index is 2.13. The fourth-order valence-electron chi connectivity index (χ4n) is 1.69. The maximum Gasteiger partial charge on any atom is 0.129 e. The van der Waals surface area contributed by atoms with Crippen LogP contribution in [0.25, 0.3) is 6.08 Å². The Morgan fingerprint density at radius 1 is 1.23 bits per heavy atom. The molecule has 66 valence electrons. The monoisotopic (exact) mass is 174 g/mol. The van der Waals surface area contributed by atoms with Crippen LogP contribution in [0.3, 0.4) is 0 Å². The minimum atomic E-state index is 0.204. The van der Waals surface area contributed by atoms with E-state index in [1.165, 1.54) is 11.3 Å². The van der Waals surface area contributed by atoms with Crippen molar-refractivity contribution in [3.63, 3.8) is 0 Å². The van der Waals surface area contributed by atoms with Crippen LogP contribution in [-0.4, -0.2) is 6.17 Å². The van der Waals surface area contributed by atoms with Gasteiger partial charge in [0.05, 0.1) is 5.69 Å². The van der Waals surface area contributed by atoms with Crippen molar-refractivity contribution in [1.82, 2.24) is 16.5 Å². The SMILES string of the molecule is C1=CC2NNNN2c2ccccc21. The first-order valence-electron chi connectivity index (χ1n) is 4.28. The summed E-state index contributed by atoms with van der Waals surface area (Å²) in [5, 5.41) is 2.05. The molecule has 0 amide bonds. The lowest BCUT2D eigenvalue weighted by molar-refractivity contribution is 0.573. The fourth-order valence-corrected chi connectivity index (χ4v) is 1.69. The quantitative estimate of drug-likeness (QED) is 0.531. The van der Waals surface area contributed by atoms with Crippen molar-refractivity contribution in [2.45, 2.75) is 6.17 Å². The highest BCUT2D eigenvalue weighted by Crippen LogP contribution is 2.26. The molecule has 0 aliphatic carbocycles. The zero-order chi connectivity index (χ0) is 8.67. The molecule has 1 fully saturated rings. The third kappa shape index (κ3) is 0.968. The van der Waals surface area contributed by atoms with Gasteiger partial charge in [-0.15, -0.1) is 0 Å². The Hall–Kier alpha value is -1.36. The molecule has 1 unspecified atom stereocenters. The lowest BCUT2D eigenvalue weighted by Gasteiger charge is -2.26. The van der Waals surface area contributed by atoms with Crippen molar-refractivity contribution >= 4 is 11.8 Å². The number of hydrogen-bond acceptors (Lipinski definition) is 4. The van der Waals surface area contributed by atoms with Crippen LogP contribution >= 0.6 is 0 Å². The molecule has 2 heterocycles. The number of anilines is 1. The molecule has 0 aromatic heterocycles. The molecule has 1 saturated heterocycles. The number of hydrogen-bond donors (Lipinski definition) is 3. The second-order valence-corrected chi connectivity index (χ2v) is 3.11. The Labute approximate surface area is 76.1 Å². The van der Waals surface area contributed by atoms with Gasteiger partial charge in [-0.1, -0.05) is 24.3 Å². The number of fused-ring (bicyclic) bond motifs is 3. The minimum absolute atomic E-state index is 0.204. The molecule has 2 aliphatic rings. The Bertz CT molecular complexity index is 360. The molecule has 0 spiro atoms. The Morgan fingerprint density at radius 2 is 2.15 bits per heavy atom. The summed E-state index contributed by atoms with van der Waals surface area (Å²) < 4.78 is 0. The van der Waals surface area contributed by atoms with Crippen molar-refractivity contribution in [3.8, 4) is 0 Å².